The van der Waals surface area contributed by atoms with Crippen LogP contribution in [0, 0.1) is 0 Å². The molecule has 0 radical (unpaired) electrons. The van der Waals surface area contributed by atoms with E-state index in [1.807, 2.05) is 48.5 Å². The second-order valence-electron chi connectivity index (χ2n) is 6.53. The van der Waals surface area contributed by atoms with Crippen LogP contribution >= 0.6 is 15.9 Å². The number of nitrogens with zero attached hydrogens (tertiary/aromatic N) is 1. The molecule has 1 N–H and O–H groups in total. The molecule has 3 rings (SSSR count). The molecule has 0 saturated heterocycles. The molecule has 1 aliphatic heterocycles. The number of sulfonamides is 1. The molecule has 1 aliphatic rings. The van der Waals surface area contributed by atoms with E-state index in [1.165, 1.54) is 4.31 Å². The van der Waals surface area contributed by atoms with Crippen LogP contribution in [-0.4, -0.2) is 39.8 Å². The number of fused-ring (bicyclic) bond motifs is 1. The van der Waals surface area contributed by atoms with Crippen molar-refractivity contribution in [3.05, 3.63) is 58.6 Å². The monoisotopic (exact) mass is 466 g/mol. The number of amides is 1. The van der Waals surface area contributed by atoms with Crippen molar-refractivity contribution < 1.29 is 17.9 Å². The van der Waals surface area contributed by atoms with Gasteiger partial charge in [0.15, 0.2) is 0 Å². The molecular formula is C20H23BrN2O4S. The normalized spacial score (nSPS) is 13.2. The highest BCUT2D eigenvalue weighted by Gasteiger charge is 2.28. The molecule has 0 bridgehead atoms. The smallest absolute Gasteiger partial charge is 0.236 e. The molecule has 2 aromatic carbocycles. The van der Waals surface area contributed by atoms with Gasteiger partial charge in [-0.1, -0.05) is 40.2 Å². The van der Waals surface area contributed by atoms with E-state index in [4.69, 9.17) is 4.74 Å². The predicted octanol–water partition coefficient (Wildman–Crippen LogP) is 3.12. The van der Waals surface area contributed by atoms with Gasteiger partial charge in [-0.15, -0.1) is 0 Å². The summed E-state index contributed by atoms with van der Waals surface area (Å²) in [5.41, 5.74) is 1.79. The highest BCUT2D eigenvalue weighted by molar-refractivity contribution is 9.10. The largest absolute Gasteiger partial charge is 0.494 e. The van der Waals surface area contributed by atoms with Gasteiger partial charge in [0.2, 0.25) is 15.9 Å². The fourth-order valence-electron chi connectivity index (χ4n) is 3.09. The Balaban J connectivity index is 1.37. The quantitative estimate of drug-likeness (QED) is 0.576. The van der Waals surface area contributed by atoms with Crippen LogP contribution in [0.2, 0.25) is 0 Å². The maximum atomic E-state index is 12.6. The van der Waals surface area contributed by atoms with Gasteiger partial charge in [-0.2, -0.15) is 0 Å². The van der Waals surface area contributed by atoms with E-state index in [0.29, 0.717) is 26.0 Å². The van der Waals surface area contributed by atoms with Crippen molar-refractivity contribution in [1.82, 2.24) is 5.32 Å². The molecule has 0 fully saturated rings. The van der Waals surface area contributed by atoms with E-state index in [0.717, 1.165) is 27.9 Å². The zero-order chi connectivity index (χ0) is 20.0. The molecule has 0 unspecified atom stereocenters. The van der Waals surface area contributed by atoms with Crippen molar-refractivity contribution in [2.45, 2.75) is 19.3 Å². The summed E-state index contributed by atoms with van der Waals surface area (Å²) in [5.74, 6) is 0.461. The number of ether oxygens (including phenoxy) is 1. The van der Waals surface area contributed by atoms with Gasteiger partial charge in [-0.3, -0.25) is 9.10 Å². The highest BCUT2D eigenvalue weighted by Crippen LogP contribution is 2.29. The van der Waals surface area contributed by atoms with E-state index in [2.05, 4.69) is 21.2 Å². The minimum Gasteiger partial charge on any atom is -0.494 e. The van der Waals surface area contributed by atoms with Gasteiger partial charge < -0.3 is 10.1 Å². The second-order valence-corrected chi connectivity index (χ2v) is 9.45. The molecule has 0 aromatic heterocycles. The molecule has 0 saturated carbocycles. The van der Waals surface area contributed by atoms with E-state index in [1.54, 1.807) is 0 Å². The predicted molar refractivity (Wildman–Crippen MR) is 113 cm³/mol. The van der Waals surface area contributed by atoms with Crippen molar-refractivity contribution in [3.8, 4) is 5.75 Å². The van der Waals surface area contributed by atoms with Crippen LogP contribution in [0.1, 0.15) is 18.4 Å². The Labute approximate surface area is 174 Å². The Hall–Kier alpha value is -2.06. The number of anilines is 1. The lowest BCUT2D eigenvalue weighted by Gasteiger charge is -2.19. The molecule has 1 heterocycles. The summed E-state index contributed by atoms with van der Waals surface area (Å²) >= 11 is 3.38. The number of carbonyl (C=O) groups is 1. The average Bonchev–Trinajstić information content (AvgIpc) is 3.10. The van der Waals surface area contributed by atoms with E-state index in [-0.39, 0.29) is 18.2 Å². The van der Waals surface area contributed by atoms with Crippen molar-refractivity contribution in [1.29, 1.82) is 0 Å². The van der Waals surface area contributed by atoms with Gasteiger partial charge in [0.25, 0.3) is 0 Å². The summed E-state index contributed by atoms with van der Waals surface area (Å²) in [6.07, 6.45) is 1.57. The first-order valence-corrected chi connectivity index (χ1v) is 11.6. The van der Waals surface area contributed by atoms with Gasteiger partial charge in [-0.05, 0) is 42.7 Å². The van der Waals surface area contributed by atoms with Crippen molar-refractivity contribution in [2.24, 2.45) is 0 Å². The van der Waals surface area contributed by atoms with Crippen LogP contribution in [0.15, 0.2) is 53.0 Å². The summed E-state index contributed by atoms with van der Waals surface area (Å²) in [6, 6.07) is 15.0. The van der Waals surface area contributed by atoms with Crippen molar-refractivity contribution >= 4 is 37.5 Å². The zero-order valence-corrected chi connectivity index (χ0v) is 17.8. The van der Waals surface area contributed by atoms with Crippen LogP contribution in [-0.2, 0) is 21.2 Å². The zero-order valence-electron chi connectivity index (χ0n) is 15.4. The fraction of sp³-hybridized carbons (Fsp3) is 0.350. The van der Waals surface area contributed by atoms with Gasteiger partial charge in [-0.25, -0.2) is 8.42 Å². The third-order valence-electron chi connectivity index (χ3n) is 4.48. The van der Waals surface area contributed by atoms with Gasteiger partial charge in [0.1, 0.15) is 5.75 Å². The van der Waals surface area contributed by atoms with Gasteiger partial charge in [0, 0.05) is 24.0 Å². The van der Waals surface area contributed by atoms with Crippen LogP contribution in [0.5, 0.6) is 5.75 Å². The number of para-hydroxylation sites is 1. The number of benzene rings is 2. The minimum absolute atomic E-state index is 0.103. The maximum Gasteiger partial charge on any atom is 0.236 e. The van der Waals surface area contributed by atoms with Gasteiger partial charge >= 0.3 is 0 Å². The summed E-state index contributed by atoms with van der Waals surface area (Å²) in [7, 11) is -3.44. The average molecular weight is 467 g/mol. The summed E-state index contributed by atoms with van der Waals surface area (Å²) in [5, 5.41) is 2.69. The summed E-state index contributed by atoms with van der Waals surface area (Å²) in [4.78, 5) is 11.9. The second kappa shape index (κ2) is 9.43. The molecule has 6 nitrogen and oxygen atoms in total. The highest BCUT2D eigenvalue weighted by atomic mass is 79.9. The molecule has 150 valence electrons. The first-order chi connectivity index (χ1) is 13.5. The van der Waals surface area contributed by atoms with E-state index >= 15 is 0 Å². The summed E-state index contributed by atoms with van der Waals surface area (Å²) in [6.45, 7) is 0.988. The Morgan fingerprint density at radius 1 is 1.18 bits per heavy atom. The van der Waals surface area contributed by atoms with Crippen molar-refractivity contribution in [2.75, 3.05) is 29.8 Å². The molecule has 28 heavy (non-hydrogen) atoms. The Kier molecular flexibility index (Phi) is 6.96. The molecule has 0 spiro atoms. The fourth-order valence-corrected chi connectivity index (χ4v) is 4.90. The lowest BCUT2D eigenvalue weighted by Crippen LogP contribution is -2.37. The molecule has 2 aromatic rings. The maximum absolute atomic E-state index is 12.6. The number of halogens is 1. The molecule has 0 aliphatic carbocycles. The first kappa shape index (κ1) is 20.7. The molecule has 8 heteroatoms. The Morgan fingerprint density at radius 2 is 2.00 bits per heavy atom. The van der Waals surface area contributed by atoms with Crippen molar-refractivity contribution in [3.63, 3.8) is 0 Å². The minimum atomic E-state index is -3.44. The third kappa shape index (κ3) is 5.48. The number of carbonyl (C=O) groups excluding carboxylic acids is 1. The molecular weight excluding hydrogens is 444 g/mol. The lowest BCUT2D eigenvalue weighted by molar-refractivity contribution is -0.121. The number of nitrogens with one attached hydrogen (secondary N) is 1. The van der Waals surface area contributed by atoms with Crippen LogP contribution in [0.3, 0.4) is 0 Å². The third-order valence-corrected chi connectivity index (χ3v) is 6.74. The SMILES string of the molecule is O=C(CCCOc1cccc(Br)c1)NCCS(=O)(=O)N1CCc2ccccc21. The number of rotatable bonds is 9. The molecule has 0 atom stereocenters. The summed E-state index contributed by atoms with van der Waals surface area (Å²) < 4.78 is 33.1. The van der Waals surface area contributed by atoms with E-state index < -0.39 is 10.0 Å². The Bertz CT molecular complexity index is 933. The molecule has 1 amide bonds. The van der Waals surface area contributed by atoms with Crippen LogP contribution in [0.25, 0.3) is 0 Å². The first-order valence-electron chi connectivity index (χ1n) is 9.19. The van der Waals surface area contributed by atoms with Crippen LogP contribution in [0.4, 0.5) is 5.69 Å². The van der Waals surface area contributed by atoms with Gasteiger partial charge in [0.05, 0.1) is 18.0 Å². The number of hydrogen-bond donors (Lipinski definition) is 1. The Morgan fingerprint density at radius 3 is 2.82 bits per heavy atom. The lowest BCUT2D eigenvalue weighted by atomic mass is 10.2. The number of hydrogen-bond acceptors (Lipinski definition) is 4. The van der Waals surface area contributed by atoms with E-state index in [9.17, 15) is 13.2 Å². The van der Waals surface area contributed by atoms with Crippen LogP contribution < -0.4 is 14.4 Å². The standard InChI is InChI=1S/C20H23BrN2O4S/c21-17-6-3-7-18(15-17)27-13-4-9-20(24)22-11-14-28(25,26)23-12-10-16-5-1-2-8-19(16)23/h1-3,5-8,15H,4,9-14H2,(H,22,24). The topological polar surface area (TPSA) is 75.7 Å².